The van der Waals surface area contributed by atoms with Crippen LogP contribution in [0.15, 0.2) is 55.1 Å². The van der Waals surface area contributed by atoms with E-state index in [1.807, 2.05) is 23.7 Å². The van der Waals surface area contributed by atoms with Crippen molar-refractivity contribution in [1.29, 1.82) is 0 Å². The van der Waals surface area contributed by atoms with Gasteiger partial charge >= 0.3 is 0 Å². The summed E-state index contributed by atoms with van der Waals surface area (Å²) in [5.74, 6) is 1.62. The Kier molecular flexibility index (Phi) is 4.00. The Bertz CT molecular complexity index is 738. The van der Waals surface area contributed by atoms with Gasteiger partial charge < -0.3 is 14.6 Å². The van der Waals surface area contributed by atoms with Gasteiger partial charge in [0, 0.05) is 13.2 Å². The second-order valence-corrected chi connectivity index (χ2v) is 4.78. The number of halogens is 1. The van der Waals surface area contributed by atoms with Gasteiger partial charge in [-0.1, -0.05) is 0 Å². The number of nitrogens with one attached hydrogen (secondary N) is 1. The van der Waals surface area contributed by atoms with Crippen molar-refractivity contribution >= 4 is 5.82 Å². The maximum absolute atomic E-state index is 12.8. The van der Waals surface area contributed by atoms with Crippen molar-refractivity contribution < 1.29 is 9.13 Å². The predicted octanol–water partition coefficient (Wildman–Crippen LogP) is 3.36. The molecule has 2 heterocycles. The zero-order chi connectivity index (χ0) is 15.4. The van der Waals surface area contributed by atoms with Gasteiger partial charge in [0.2, 0.25) is 0 Å². The second-order valence-electron chi connectivity index (χ2n) is 4.78. The molecule has 0 bridgehead atoms. The number of aromatic nitrogens is 3. The quantitative estimate of drug-likeness (QED) is 0.784. The molecule has 2 aromatic heterocycles. The van der Waals surface area contributed by atoms with Gasteiger partial charge in [-0.3, -0.25) is 0 Å². The molecule has 0 unspecified atom stereocenters. The number of pyridine rings is 1. The first-order chi connectivity index (χ1) is 10.7. The third-order valence-corrected chi connectivity index (χ3v) is 3.15. The molecule has 22 heavy (non-hydrogen) atoms. The lowest BCUT2D eigenvalue weighted by molar-refractivity contribution is 0.478. The Hall–Kier alpha value is -2.89. The van der Waals surface area contributed by atoms with Crippen molar-refractivity contribution in [3.63, 3.8) is 0 Å². The number of ether oxygens (including phenoxy) is 1. The van der Waals surface area contributed by atoms with E-state index in [4.69, 9.17) is 4.74 Å². The maximum atomic E-state index is 12.8. The molecule has 112 valence electrons. The van der Waals surface area contributed by atoms with Crippen LogP contribution >= 0.6 is 0 Å². The van der Waals surface area contributed by atoms with E-state index in [9.17, 15) is 4.39 Å². The van der Waals surface area contributed by atoms with Crippen LogP contribution in [0.5, 0.6) is 11.5 Å². The lowest BCUT2D eigenvalue weighted by atomic mass is 10.3. The van der Waals surface area contributed by atoms with Crippen molar-refractivity contribution in [3.8, 4) is 11.5 Å². The molecule has 0 amide bonds. The van der Waals surface area contributed by atoms with Crippen LogP contribution in [0.1, 0.15) is 5.69 Å². The first-order valence-electron chi connectivity index (χ1n) is 6.79. The van der Waals surface area contributed by atoms with E-state index < -0.39 is 0 Å². The summed E-state index contributed by atoms with van der Waals surface area (Å²) < 4.78 is 20.4. The van der Waals surface area contributed by atoms with E-state index in [0.717, 1.165) is 11.5 Å². The van der Waals surface area contributed by atoms with Gasteiger partial charge in [-0.2, -0.15) is 0 Å². The van der Waals surface area contributed by atoms with E-state index in [-0.39, 0.29) is 5.82 Å². The van der Waals surface area contributed by atoms with Gasteiger partial charge in [-0.25, -0.2) is 14.4 Å². The standard InChI is InChI=1S/C16H15FN4O/c1-21-11-18-8-13(21)9-19-16-7-6-15(10-20-16)22-14-4-2-12(17)3-5-14/h2-8,10-11H,9H2,1H3,(H,19,20). The highest BCUT2D eigenvalue weighted by Crippen LogP contribution is 2.21. The van der Waals surface area contributed by atoms with Crippen LogP contribution in [0.25, 0.3) is 0 Å². The highest BCUT2D eigenvalue weighted by molar-refractivity contribution is 5.39. The fraction of sp³-hybridized carbons (Fsp3) is 0.125. The molecule has 1 N–H and O–H groups in total. The van der Waals surface area contributed by atoms with Gasteiger partial charge in [0.25, 0.3) is 0 Å². The molecule has 0 spiro atoms. The SMILES string of the molecule is Cn1cncc1CNc1ccc(Oc2ccc(F)cc2)cn1. The molecule has 0 fully saturated rings. The number of rotatable bonds is 5. The van der Waals surface area contributed by atoms with Gasteiger partial charge in [0.15, 0.2) is 0 Å². The zero-order valence-electron chi connectivity index (χ0n) is 12.0. The van der Waals surface area contributed by atoms with E-state index in [0.29, 0.717) is 18.0 Å². The zero-order valence-corrected chi connectivity index (χ0v) is 12.0. The average molecular weight is 298 g/mol. The highest BCUT2D eigenvalue weighted by atomic mass is 19.1. The molecule has 3 aromatic rings. The minimum Gasteiger partial charge on any atom is -0.456 e. The molecule has 0 aliphatic heterocycles. The third kappa shape index (κ3) is 3.41. The van der Waals surface area contributed by atoms with Crippen LogP contribution < -0.4 is 10.1 Å². The smallest absolute Gasteiger partial charge is 0.145 e. The fourth-order valence-electron chi connectivity index (χ4n) is 1.92. The largest absolute Gasteiger partial charge is 0.456 e. The summed E-state index contributed by atoms with van der Waals surface area (Å²) in [4.78, 5) is 8.34. The molecule has 0 saturated heterocycles. The van der Waals surface area contributed by atoms with E-state index in [2.05, 4.69) is 15.3 Å². The van der Waals surface area contributed by atoms with Crippen LogP contribution in [-0.2, 0) is 13.6 Å². The molecule has 3 rings (SSSR count). The van der Waals surface area contributed by atoms with Crippen LogP contribution in [0.2, 0.25) is 0 Å². The van der Waals surface area contributed by atoms with Gasteiger partial charge in [-0.15, -0.1) is 0 Å². The van der Waals surface area contributed by atoms with Crippen molar-refractivity contribution in [2.75, 3.05) is 5.32 Å². The Morgan fingerprint density at radius 2 is 1.86 bits per heavy atom. The lowest BCUT2D eigenvalue weighted by Crippen LogP contribution is -2.05. The summed E-state index contributed by atoms with van der Waals surface area (Å²) in [7, 11) is 1.94. The number of imidazole rings is 1. The van der Waals surface area contributed by atoms with E-state index in [1.165, 1.54) is 12.1 Å². The van der Waals surface area contributed by atoms with Crippen molar-refractivity contribution in [3.05, 3.63) is 66.6 Å². The summed E-state index contributed by atoms with van der Waals surface area (Å²) in [6.07, 6.45) is 5.18. The fourth-order valence-corrected chi connectivity index (χ4v) is 1.92. The first kappa shape index (κ1) is 14.1. The van der Waals surface area contributed by atoms with Gasteiger partial charge in [0.1, 0.15) is 23.1 Å². The molecule has 0 aliphatic carbocycles. The second kappa shape index (κ2) is 6.26. The average Bonchev–Trinajstić information content (AvgIpc) is 2.94. The van der Waals surface area contributed by atoms with Gasteiger partial charge in [0.05, 0.1) is 24.8 Å². The normalized spacial score (nSPS) is 10.5. The maximum Gasteiger partial charge on any atom is 0.145 e. The van der Waals surface area contributed by atoms with Gasteiger partial charge in [-0.05, 0) is 36.4 Å². The monoisotopic (exact) mass is 298 g/mol. The number of hydrogen-bond donors (Lipinski definition) is 1. The third-order valence-electron chi connectivity index (χ3n) is 3.15. The molecule has 0 atom stereocenters. The van der Waals surface area contributed by atoms with Crippen molar-refractivity contribution in [1.82, 2.24) is 14.5 Å². The molecule has 0 saturated carbocycles. The van der Waals surface area contributed by atoms with Crippen LogP contribution in [0.4, 0.5) is 10.2 Å². The molecule has 5 nitrogen and oxygen atoms in total. The molecule has 1 aromatic carbocycles. The molecular weight excluding hydrogens is 283 g/mol. The number of hydrogen-bond acceptors (Lipinski definition) is 4. The number of nitrogens with zero attached hydrogens (tertiary/aromatic N) is 3. The summed E-state index contributed by atoms with van der Waals surface area (Å²) in [6, 6.07) is 9.49. The van der Waals surface area contributed by atoms with Crippen LogP contribution in [-0.4, -0.2) is 14.5 Å². The number of benzene rings is 1. The molecular formula is C16H15FN4O. The van der Waals surface area contributed by atoms with Crippen LogP contribution in [0, 0.1) is 5.82 Å². The van der Waals surface area contributed by atoms with Crippen molar-refractivity contribution in [2.24, 2.45) is 7.05 Å². The number of anilines is 1. The summed E-state index contributed by atoms with van der Waals surface area (Å²) in [5, 5.41) is 3.21. The Labute approximate surface area is 127 Å². The van der Waals surface area contributed by atoms with Crippen LogP contribution in [0.3, 0.4) is 0 Å². The lowest BCUT2D eigenvalue weighted by Gasteiger charge is -2.08. The Morgan fingerprint density at radius 3 is 2.50 bits per heavy atom. The summed E-state index contributed by atoms with van der Waals surface area (Å²) >= 11 is 0. The minimum absolute atomic E-state index is 0.291. The van der Waals surface area contributed by atoms with Crippen molar-refractivity contribution in [2.45, 2.75) is 6.54 Å². The highest BCUT2D eigenvalue weighted by Gasteiger charge is 2.01. The van der Waals surface area contributed by atoms with E-state index >= 15 is 0 Å². The molecule has 0 aliphatic rings. The molecule has 0 radical (unpaired) electrons. The number of aryl methyl sites for hydroxylation is 1. The summed E-state index contributed by atoms with van der Waals surface area (Å²) in [5.41, 5.74) is 1.06. The predicted molar refractivity (Wildman–Crippen MR) is 81.2 cm³/mol. The topological polar surface area (TPSA) is 52.0 Å². The Balaban J connectivity index is 1.60. The summed E-state index contributed by atoms with van der Waals surface area (Å²) in [6.45, 7) is 0.641. The Morgan fingerprint density at radius 1 is 1.09 bits per heavy atom. The first-order valence-corrected chi connectivity index (χ1v) is 6.79. The molecule has 6 heteroatoms. The minimum atomic E-state index is -0.291. The van der Waals surface area contributed by atoms with E-state index in [1.54, 1.807) is 30.9 Å².